The normalized spacial score (nSPS) is 71.1. The van der Waals surface area contributed by atoms with Gasteiger partial charge >= 0.3 is 0 Å². The molecule has 3 unspecified atom stereocenters. The summed E-state index contributed by atoms with van der Waals surface area (Å²) in [4.78, 5) is 0. The van der Waals surface area contributed by atoms with E-state index in [-0.39, 0.29) is 5.54 Å². The van der Waals surface area contributed by atoms with Crippen molar-refractivity contribution in [1.29, 1.82) is 0 Å². The van der Waals surface area contributed by atoms with Crippen molar-refractivity contribution in [3.63, 3.8) is 0 Å². The Balaban J connectivity index is 1.86. The number of nitrogens with zero attached hydrogens (tertiary/aromatic N) is 2. The quantitative estimate of drug-likeness (QED) is 0.499. The van der Waals surface area contributed by atoms with Crippen molar-refractivity contribution in [3.8, 4) is 0 Å². The van der Waals surface area contributed by atoms with Crippen LogP contribution >= 0.6 is 0 Å². The minimum atomic E-state index is 0.188. The Morgan fingerprint density at radius 2 is 1.73 bits per heavy atom. The molecular weight excluding hydrogens is 136 g/mol. The molecule has 2 nitrogen and oxygen atoms in total. The van der Waals surface area contributed by atoms with Crippen molar-refractivity contribution in [2.45, 2.75) is 25.4 Å². The van der Waals surface area contributed by atoms with E-state index in [1.165, 1.54) is 0 Å². The fourth-order valence-corrected chi connectivity index (χ4v) is 3.86. The first kappa shape index (κ1) is 5.28. The van der Waals surface area contributed by atoms with Gasteiger partial charge in [0.05, 0.1) is 11.6 Å². The molecule has 0 aromatic rings. The highest BCUT2D eigenvalue weighted by atomic mass is 15.3. The third-order valence-electron chi connectivity index (χ3n) is 4.38. The molecule has 1 aliphatic heterocycles. The zero-order valence-corrected chi connectivity index (χ0v) is 6.86. The monoisotopic (exact) mass is 148 g/mol. The average Bonchev–Trinajstić information content (AvgIpc) is 2.69. The minimum Gasteiger partial charge on any atom is -0.190 e. The molecule has 5 aliphatic rings. The minimum absolute atomic E-state index is 0.188. The Morgan fingerprint density at radius 1 is 1.00 bits per heavy atom. The molecule has 4 fully saturated rings. The van der Waals surface area contributed by atoms with Crippen LogP contribution in [-0.2, 0) is 0 Å². The van der Waals surface area contributed by atoms with Crippen LogP contribution in [0.1, 0.15) is 13.8 Å². The van der Waals surface area contributed by atoms with Gasteiger partial charge < -0.3 is 0 Å². The predicted octanol–water partition coefficient (Wildman–Crippen LogP) is 1.72. The van der Waals surface area contributed by atoms with Gasteiger partial charge in [0.2, 0.25) is 0 Å². The fraction of sp³-hybridized carbons (Fsp3) is 1.00. The van der Waals surface area contributed by atoms with E-state index >= 15 is 0 Å². The lowest BCUT2D eigenvalue weighted by Gasteiger charge is -2.21. The number of hydrogen-bond donors (Lipinski definition) is 0. The first-order valence-corrected chi connectivity index (χ1v) is 4.64. The van der Waals surface area contributed by atoms with Crippen molar-refractivity contribution in [2.24, 2.45) is 39.8 Å². The Hall–Kier alpha value is -0.400. The van der Waals surface area contributed by atoms with Gasteiger partial charge in [-0.25, -0.2) is 0 Å². The highest BCUT2D eigenvalue weighted by Gasteiger charge is 2.87. The molecule has 4 aliphatic carbocycles. The molecule has 11 heavy (non-hydrogen) atoms. The number of hydrogen-bond acceptors (Lipinski definition) is 2. The second kappa shape index (κ2) is 1.08. The van der Waals surface area contributed by atoms with Gasteiger partial charge in [0.1, 0.15) is 0 Å². The van der Waals surface area contributed by atoms with Crippen molar-refractivity contribution >= 4 is 0 Å². The maximum Gasteiger partial charge on any atom is 0.0812 e. The zero-order chi connectivity index (χ0) is 7.38. The maximum absolute atomic E-state index is 4.42. The average molecular weight is 148 g/mol. The van der Waals surface area contributed by atoms with Crippen LogP contribution in [0.2, 0.25) is 0 Å². The summed E-state index contributed by atoms with van der Waals surface area (Å²) < 4.78 is 0. The molecule has 5 rings (SSSR count). The Kier molecular flexibility index (Phi) is 0.520. The van der Waals surface area contributed by atoms with Gasteiger partial charge in [-0.2, -0.15) is 10.2 Å². The molecular formula is C9H12N2. The van der Waals surface area contributed by atoms with Gasteiger partial charge in [-0.05, 0) is 37.5 Å². The van der Waals surface area contributed by atoms with Crippen LogP contribution in [-0.4, -0.2) is 11.6 Å². The van der Waals surface area contributed by atoms with Crippen LogP contribution in [0.15, 0.2) is 10.2 Å². The zero-order valence-electron chi connectivity index (χ0n) is 6.86. The lowest BCUT2D eigenvalue weighted by atomic mass is 9.85. The van der Waals surface area contributed by atoms with Crippen LogP contribution in [0.3, 0.4) is 0 Å². The molecule has 0 radical (unpaired) electrons. The summed E-state index contributed by atoms with van der Waals surface area (Å²) in [6.45, 7) is 4.50. The summed E-state index contributed by atoms with van der Waals surface area (Å²) in [5.41, 5.74) is 0.188. The van der Waals surface area contributed by atoms with Crippen molar-refractivity contribution in [2.75, 3.05) is 0 Å². The molecule has 2 bridgehead atoms. The standard InChI is InChI=1S/C9H12N2/c1-9(2)7-5-3-4(5)6(3)8(7)10-11-9/h3-8H,1-2H3/t3-,4?,5?,6?,7+,8-/m0/s1. The van der Waals surface area contributed by atoms with E-state index in [2.05, 4.69) is 24.1 Å². The van der Waals surface area contributed by atoms with E-state index in [0.29, 0.717) is 6.04 Å². The van der Waals surface area contributed by atoms with Crippen LogP contribution in [0.5, 0.6) is 0 Å². The summed E-state index contributed by atoms with van der Waals surface area (Å²) in [6, 6.07) is 0.657. The fourth-order valence-electron chi connectivity index (χ4n) is 3.86. The van der Waals surface area contributed by atoms with E-state index < -0.39 is 0 Å². The molecule has 0 N–H and O–H groups in total. The molecule has 0 saturated heterocycles. The summed E-state index contributed by atoms with van der Waals surface area (Å²) in [6.07, 6.45) is 0. The van der Waals surface area contributed by atoms with E-state index in [0.717, 1.165) is 29.6 Å². The summed E-state index contributed by atoms with van der Waals surface area (Å²) >= 11 is 0. The van der Waals surface area contributed by atoms with Crippen molar-refractivity contribution in [3.05, 3.63) is 0 Å². The highest BCUT2D eigenvalue weighted by molar-refractivity contribution is 5.35. The lowest BCUT2D eigenvalue weighted by molar-refractivity contribution is 0.331. The molecule has 58 valence electrons. The highest BCUT2D eigenvalue weighted by Crippen LogP contribution is 2.86. The lowest BCUT2D eigenvalue weighted by Crippen LogP contribution is -2.29. The molecule has 1 heterocycles. The summed E-state index contributed by atoms with van der Waals surface area (Å²) in [5.74, 6) is 5.11. The smallest absolute Gasteiger partial charge is 0.0812 e. The van der Waals surface area contributed by atoms with Crippen LogP contribution < -0.4 is 0 Å². The Labute approximate surface area is 66.1 Å². The molecule has 0 aromatic heterocycles. The second-order valence-corrected chi connectivity index (χ2v) is 5.19. The predicted molar refractivity (Wildman–Crippen MR) is 40.2 cm³/mol. The molecule has 6 atom stereocenters. The Bertz CT molecular complexity index is 271. The SMILES string of the molecule is CC1(C)N=N[C@H]2C3C4C([C@H]43)[C@H]21. The molecule has 0 spiro atoms. The van der Waals surface area contributed by atoms with Gasteiger partial charge in [-0.3, -0.25) is 0 Å². The third-order valence-corrected chi connectivity index (χ3v) is 4.38. The molecule has 0 aromatic carbocycles. The van der Waals surface area contributed by atoms with Gasteiger partial charge in [-0.1, -0.05) is 0 Å². The van der Waals surface area contributed by atoms with Crippen molar-refractivity contribution in [1.82, 2.24) is 0 Å². The molecule has 2 heteroatoms. The molecule has 0 amide bonds. The molecule has 4 saturated carbocycles. The van der Waals surface area contributed by atoms with E-state index in [1.807, 2.05) is 0 Å². The van der Waals surface area contributed by atoms with Crippen LogP contribution in [0, 0.1) is 29.6 Å². The van der Waals surface area contributed by atoms with E-state index in [1.54, 1.807) is 0 Å². The first-order valence-electron chi connectivity index (χ1n) is 4.64. The Morgan fingerprint density at radius 3 is 2.36 bits per heavy atom. The van der Waals surface area contributed by atoms with Crippen molar-refractivity contribution < 1.29 is 0 Å². The van der Waals surface area contributed by atoms with Crippen LogP contribution in [0.4, 0.5) is 0 Å². The van der Waals surface area contributed by atoms with Gasteiger partial charge in [0.25, 0.3) is 0 Å². The second-order valence-electron chi connectivity index (χ2n) is 5.19. The van der Waals surface area contributed by atoms with Gasteiger partial charge in [-0.15, -0.1) is 0 Å². The van der Waals surface area contributed by atoms with Crippen LogP contribution in [0.25, 0.3) is 0 Å². The number of azo groups is 1. The van der Waals surface area contributed by atoms with E-state index in [4.69, 9.17) is 0 Å². The van der Waals surface area contributed by atoms with Gasteiger partial charge in [0, 0.05) is 5.92 Å². The van der Waals surface area contributed by atoms with E-state index in [9.17, 15) is 0 Å². The number of rotatable bonds is 0. The third kappa shape index (κ3) is 0.354. The summed E-state index contributed by atoms with van der Waals surface area (Å²) in [5, 5.41) is 8.79. The largest absolute Gasteiger partial charge is 0.190 e. The topological polar surface area (TPSA) is 24.7 Å². The first-order chi connectivity index (χ1) is 5.22. The maximum atomic E-state index is 4.42. The van der Waals surface area contributed by atoms with Gasteiger partial charge in [0.15, 0.2) is 0 Å². The summed E-state index contributed by atoms with van der Waals surface area (Å²) in [7, 11) is 0.